The van der Waals surface area contributed by atoms with E-state index in [9.17, 15) is 9.18 Å². The van der Waals surface area contributed by atoms with Crippen LogP contribution < -0.4 is 15.5 Å². The Morgan fingerprint density at radius 3 is 2.82 bits per heavy atom. The topological polar surface area (TPSA) is 119 Å². The molecule has 2 aromatic heterocycles. The molecule has 2 aliphatic heterocycles. The molecule has 1 amide bonds. The number of carbonyl (C=O) groups excluding carboxylic acids is 1. The van der Waals surface area contributed by atoms with Crippen molar-refractivity contribution in [2.75, 3.05) is 54.9 Å². The van der Waals surface area contributed by atoms with Gasteiger partial charge in [0.05, 0.1) is 31.3 Å². The number of nitrogens with zero attached hydrogens (tertiary/aromatic N) is 6. The first-order valence-electron chi connectivity index (χ1n) is 10.8. The van der Waals surface area contributed by atoms with E-state index in [1.807, 2.05) is 12.1 Å². The minimum absolute atomic E-state index is 0.0313. The third-order valence-corrected chi connectivity index (χ3v) is 5.62. The predicted octanol–water partition coefficient (Wildman–Crippen LogP) is 2.07. The molecule has 2 aromatic rings. The fourth-order valence-electron chi connectivity index (χ4n) is 3.87. The molecule has 0 radical (unpaired) electrons. The van der Waals surface area contributed by atoms with Crippen molar-refractivity contribution in [3.63, 3.8) is 0 Å². The first-order chi connectivity index (χ1) is 16.0. The van der Waals surface area contributed by atoms with Crippen molar-refractivity contribution in [3.8, 4) is 6.07 Å². The Hall–Kier alpha value is -3.78. The molecule has 1 unspecified atom stereocenters. The summed E-state index contributed by atoms with van der Waals surface area (Å²) in [5, 5.41) is 14.9. The molecule has 2 fully saturated rings. The number of halogens is 1. The Bertz CT molecular complexity index is 1050. The van der Waals surface area contributed by atoms with E-state index < -0.39 is 5.82 Å². The molecule has 0 spiro atoms. The van der Waals surface area contributed by atoms with Gasteiger partial charge in [-0.3, -0.25) is 4.79 Å². The Morgan fingerprint density at radius 2 is 2.09 bits per heavy atom. The second-order valence-electron chi connectivity index (χ2n) is 7.79. The number of hydrogen-bond donors (Lipinski definition) is 2. The Morgan fingerprint density at radius 1 is 1.27 bits per heavy atom. The van der Waals surface area contributed by atoms with Crippen molar-refractivity contribution in [2.24, 2.45) is 0 Å². The number of anilines is 4. The maximum atomic E-state index is 14.3. The Balaban J connectivity index is 1.38. The average molecular weight is 452 g/mol. The molecule has 0 bridgehead atoms. The SMILES string of the molecule is C=C(C#N)C(=O)N1CCCC1CNc1nc(Nc2ccc(N3CCOCC3)nc2)ncc1F. The highest BCUT2D eigenvalue weighted by Gasteiger charge is 2.30. The third-order valence-electron chi connectivity index (χ3n) is 5.62. The molecular formula is C22H25FN8O2. The minimum atomic E-state index is -0.598. The van der Waals surface area contributed by atoms with Crippen LogP contribution in [0.1, 0.15) is 12.8 Å². The number of likely N-dealkylation sites (tertiary alicyclic amines) is 1. The van der Waals surface area contributed by atoms with Crippen molar-refractivity contribution in [1.29, 1.82) is 5.26 Å². The highest BCUT2D eigenvalue weighted by atomic mass is 19.1. The number of amides is 1. The molecule has 2 aliphatic rings. The van der Waals surface area contributed by atoms with Gasteiger partial charge in [-0.25, -0.2) is 14.4 Å². The van der Waals surface area contributed by atoms with E-state index in [1.54, 1.807) is 17.2 Å². The number of morpholine rings is 1. The van der Waals surface area contributed by atoms with Gasteiger partial charge in [-0.2, -0.15) is 10.2 Å². The average Bonchev–Trinajstić information content (AvgIpc) is 3.33. The summed E-state index contributed by atoms with van der Waals surface area (Å²) >= 11 is 0. The summed E-state index contributed by atoms with van der Waals surface area (Å²) < 4.78 is 19.7. The molecular weight excluding hydrogens is 427 g/mol. The van der Waals surface area contributed by atoms with Crippen LogP contribution in [0.4, 0.5) is 27.7 Å². The van der Waals surface area contributed by atoms with E-state index in [-0.39, 0.29) is 29.3 Å². The highest BCUT2D eigenvalue weighted by Crippen LogP contribution is 2.22. The van der Waals surface area contributed by atoms with Crippen LogP contribution in [0.15, 0.2) is 36.7 Å². The van der Waals surface area contributed by atoms with Gasteiger partial charge in [-0.05, 0) is 25.0 Å². The Kier molecular flexibility index (Phi) is 6.95. The lowest BCUT2D eigenvalue weighted by Crippen LogP contribution is -2.40. The molecule has 11 heteroatoms. The van der Waals surface area contributed by atoms with E-state index in [0.717, 1.165) is 37.9 Å². The van der Waals surface area contributed by atoms with Crippen LogP contribution in [0, 0.1) is 17.1 Å². The summed E-state index contributed by atoms with van der Waals surface area (Å²) in [5.41, 5.74) is 0.571. The van der Waals surface area contributed by atoms with Gasteiger partial charge in [0.1, 0.15) is 17.5 Å². The number of aromatic nitrogens is 3. The van der Waals surface area contributed by atoms with Crippen molar-refractivity contribution in [2.45, 2.75) is 18.9 Å². The van der Waals surface area contributed by atoms with Gasteiger partial charge in [0, 0.05) is 32.2 Å². The van der Waals surface area contributed by atoms with E-state index in [1.165, 1.54) is 0 Å². The number of nitriles is 1. The molecule has 0 saturated carbocycles. The molecule has 4 heterocycles. The summed E-state index contributed by atoms with van der Waals surface area (Å²) in [5.74, 6) is 0.126. The third kappa shape index (κ3) is 5.35. The van der Waals surface area contributed by atoms with E-state index in [2.05, 4.69) is 37.1 Å². The zero-order valence-corrected chi connectivity index (χ0v) is 18.1. The number of carbonyl (C=O) groups is 1. The van der Waals surface area contributed by atoms with Crippen LogP contribution >= 0.6 is 0 Å². The fourth-order valence-corrected chi connectivity index (χ4v) is 3.87. The van der Waals surface area contributed by atoms with Crippen LogP contribution in [0.5, 0.6) is 0 Å². The minimum Gasteiger partial charge on any atom is -0.378 e. The van der Waals surface area contributed by atoms with E-state index in [4.69, 9.17) is 10.00 Å². The van der Waals surface area contributed by atoms with Gasteiger partial charge in [-0.1, -0.05) is 6.58 Å². The molecule has 1 atom stereocenters. The normalized spacial score (nSPS) is 18.0. The van der Waals surface area contributed by atoms with Gasteiger partial charge in [0.25, 0.3) is 5.91 Å². The van der Waals surface area contributed by atoms with Gasteiger partial charge in [0.2, 0.25) is 5.95 Å². The molecule has 172 valence electrons. The lowest BCUT2D eigenvalue weighted by Gasteiger charge is -2.27. The quantitative estimate of drug-likeness (QED) is 0.481. The van der Waals surface area contributed by atoms with Crippen molar-refractivity contribution in [3.05, 3.63) is 42.5 Å². The predicted molar refractivity (Wildman–Crippen MR) is 121 cm³/mol. The Labute approximate surface area is 191 Å². The van der Waals surface area contributed by atoms with Crippen molar-refractivity contribution in [1.82, 2.24) is 19.9 Å². The maximum Gasteiger partial charge on any atom is 0.264 e. The largest absolute Gasteiger partial charge is 0.378 e. The van der Waals surface area contributed by atoms with E-state index in [0.29, 0.717) is 32.0 Å². The zero-order chi connectivity index (χ0) is 23.2. The van der Waals surface area contributed by atoms with Gasteiger partial charge < -0.3 is 25.2 Å². The second-order valence-corrected chi connectivity index (χ2v) is 7.79. The molecule has 2 N–H and O–H groups in total. The lowest BCUT2D eigenvalue weighted by molar-refractivity contribution is -0.127. The van der Waals surface area contributed by atoms with Crippen molar-refractivity contribution < 1.29 is 13.9 Å². The summed E-state index contributed by atoms with van der Waals surface area (Å²) in [6, 6.07) is 5.38. The first-order valence-corrected chi connectivity index (χ1v) is 10.8. The van der Waals surface area contributed by atoms with Crippen LogP contribution in [-0.4, -0.2) is 71.2 Å². The highest BCUT2D eigenvalue weighted by molar-refractivity contribution is 5.96. The summed E-state index contributed by atoms with van der Waals surface area (Å²) in [7, 11) is 0. The fraction of sp³-hybridized carbons (Fsp3) is 0.409. The number of hydrogen-bond acceptors (Lipinski definition) is 9. The lowest BCUT2D eigenvalue weighted by atomic mass is 10.2. The molecule has 33 heavy (non-hydrogen) atoms. The van der Waals surface area contributed by atoms with Gasteiger partial charge in [-0.15, -0.1) is 0 Å². The van der Waals surface area contributed by atoms with Crippen molar-refractivity contribution >= 4 is 29.2 Å². The molecule has 2 saturated heterocycles. The molecule has 4 rings (SSSR count). The zero-order valence-electron chi connectivity index (χ0n) is 18.1. The standard InChI is InChI=1S/C22H25FN8O2/c1-15(11-24)21(32)31-6-2-3-17(31)13-26-20-18(23)14-27-22(29-20)28-16-4-5-19(25-12-16)30-7-9-33-10-8-30/h4-5,12,14,17H,1-3,6-10,13H2,(H2,26,27,28,29). The number of rotatable bonds is 7. The second kappa shape index (κ2) is 10.2. The molecule has 0 aromatic carbocycles. The molecule has 10 nitrogen and oxygen atoms in total. The number of nitrogens with one attached hydrogen (secondary N) is 2. The summed E-state index contributed by atoms with van der Waals surface area (Å²) in [6.45, 7) is 7.29. The van der Waals surface area contributed by atoms with Crippen LogP contribution in [0.25, 0.3) is 0 Å². The van der Waals surface area contributed by atoms with Crippen LogP contribution in [0.3, 0.4) is 0 Å². The number of pyridine rings is 1. The summed E-state index contributed by atoms with van der Waals surface area (Å²) in [6.07, 6.45) is 4.32. The molecule has 0 aliphatic carbocycles. The van der Waals surface area contributed by atoms with Gasteiger partial charge >= 0.3 is 0 Å². The maximum absolute atomic E-state index is 14.3. The van der Waals surface area contributed by atoms with Gasteiger partial charge in [0.15, 0.2) is 11.6 Å². The summed E-state index contributed by atoms with van der Waals surface area (Å²) in [4.78, 5) is 28.7. The van der Waals surface area contributed by atoms with Crippen LogP contribution in [-0.2, 0) is 9.53 Å². The number of ether oxygens (including phenoxy) is 1. The smallest absolute Gasteiger partial charge is 0.264 e. The van der Waals surface area contributed by atoms with Crippen LogP contribution in [0.2, 0.25) is 0 Å². The monoisotopic (exact) mass is 452 g/mol. The van der Waals surface area contributed by atoms with E-state index >= 15 is 0 Å². The first kappa shape index (κ1) is 22.4.